The molecule has 6 nitrogen and oxygen atoms in total. The number of hydrogen-bond donors (Lipinski definition) is 0. The van der Waals surface area contributed by atoms with Crippen molar-refractivity contribution in [1.29, 1.82) is 0 Å². The topological polar surface area (TPSA) is 78.9 Å². The third kappa shape index (κ3) is 52.9. The van der Waals surface area contributed by atoms with E-state index in [-0.39, 0.29) is 31.1 Å². The van der Waals surface area contributed by atoms with Crippen LogP contribution in [0.15, 0.2) is 24.3 Å². The maximum absolute atomic E-state index is 12.8. The maximum Gasteiger partial charge on any atom is 0.306 e. The Morgan fingerprint density at radius 3 is 0.833 bits per heavy atom. The highest BCUT2D eigenvalue weighted by atomic mass is 16.6. The summed E-state index contributed by atoms with van der Waals surface area (Å²) in [6.07, 6.45) is 64.8. The summed E-state index contributed by atoms with van der Waals surface area (Å²) in [5, 5.41) is 0. The Bertz CT molecular complexity index is 1070. The third-order valence-corrected chi connectivity index (χ3v) is 13.2. The molecule has 0 aliphatic heterocycles. The molecular formula is C60H112O6. The number of hydrogen-bond acceptors (Lipinski definition) is 6. The van der Waals surface area contributed by atoms with E-state index in [1.54, 1.807) is 0 Å². The molecule has 0 bridgehead atoms. The van der Waals surface area contributed by atoms with Gasteiger partial charge in [-0.3, -0.25) is 14.4 Å². The van der Waals surface area contributed by atoms with Gasteiger partial charge in [0.2, 0.25) is 0 Å². The molecule has 0 heterocycles. The van der Waals surface area contributed by atoms with Gasteiger partial charge in [0, 0.05) is 19.3 Å². The van der Waals surface area contributed by atoms with Gasteiger partial charge in [-0.1, -0.05) is 276 Å². The highest BCUT2D eigenvalue weighted by Gasteiger charge is 2.19. The molecule has 66 heavy (non-hydrogen) atoms. The van der Waals surface area contributed by atoms with Crippen LogP contribution in [0.4, 0.5) is 0 Å². The smallest absolute Gasteiger partial charge is 0.306 e. The normalized spacial score (nSPS) is 12.1. The molecule has 388 valence electrons. The first-order valence-corrected chi connectivity index (χ1v) is 29.3. The van der Waals surface area contributed by atoms with Crippen molar-refractivity contribution in [3.63, 3.8) is 0 Å². The number of rotatable bonds is 54. The molecule has 0 aromatic rings. The van der Waals surface area contributed by atoms with Gasteiger partial charge in [0.15, 0.2) is 6.10 Å². The van der Waals surface area contributed by atoms with E-state index in [9.17, 15) is 14.4 Å². The zero-order valence-electron chi connectivity index (χ0n) is 44.5. The summed E-state index contributed by atoms with van der Waals surface area (Å²) in [6.45, 7) is 6.64. The quantitative estimate of drug-likeness (QED) is 0.0262. The molecule has 0 radical (unpaired) electrons. The second-order valence-electron chi connectivity index (χ2n) is 19.9. The lowest BCUT2D eigenvalue weighted by Crippen LogP contribution is -2.30. The van der Waals surface area contributed by atoms with Crippen LogP contribution in [0.25, 0.3) is 0 Å². The van der Waals surface area contributed by atoms with Crippen LogP contribution in [0.3, 0.4) is 0 Å². The van der Waals surface area contributed by atoms with Crippen LogP contribution < -0.4 is 0 Å². The molecule has 1 atom stereocenters. The van der Waals surface area contributed by atoms with Crippen molar-refractivity contribution < 1.29 is 28.6 Å². The van der Waals surface area contributed by atoms with E-state index in [1.165, 1.54) is 218 Å². The minimum absolute atomic E-state index is 0.0656. The molecule has 0 saturated carbocycles. The van der Waals surface area contributed by atoms with Crippen LogP contribution in [0.2, 0.25) is 0 Å². The fourth-order valence-electron chi connectivity index (χ4n) is 8.77. The number of carbonyl (C=O) groups is 3. The summed E-state index contributed by atoms with van der Waals surface area (Å²) >= 11 is 0. The molecule has 0 rings (SSSR count). The lowest BCUT2D eigenvalue weighted by molar-refractivity contribution is -0.167. The van der Waals surface area contributed by atoms with Crippen LogP contribution in [0.5, 0.6) is 0 Å². The first-order valence-electron chi connectivity index (χ1n) is 29.3. The Morgan fingerprint density at radius 1 is 0.303 bits per heavy atom. The van der Waals surface area contributed by atoms with Gasteiger partial charge in [-0.2, -0.15) is 0 Å². The van der Waals surface area contributed by atoms with Crippen LogP contribution in [-0.2, 0) is 28.6 Å². The highest BCUT2D eigenvalue weighted by Crippen LogP contribution is 2.17. The molecule has 0 aromatic carbocycles. The predicted molar refractivity (Wildman–Crippen MR) is 284 cm³/mol. The van der Waals surface area contributed by atoms with Crippen LogP contribution >= 0.6 is 0 Å². The van der Waals surface area contributed by atoms with Gasteiger partial charge in [0.25, 0.3) is 0 Å². The Kier molecular flexibility index (Phi) is 53.7. The van der Waals surface area contributed by atoms with E-state index in [1.807, 2.05) is 0 Å². The molecule has 6 heteroatoms. The molecular weight excluding hydrogens is 817 g/mol. The van der Waals surface area contributed by atoms with Gasteiger partial charge in [0.05, 0.1) is 0 Å². The molecule has 0 aliphatic carbocycles. The average Bonchev–Trinajstić information content (AvgIpc) is 3.31. The highest BCUT2D eigenvalue weighted by molar-refractivity contribution is 5.71. The van der Waals surface area contributed by atoms with Crippen LogP contribution in [0, 0.1) is 0 Å². The molecule has 0 saturated heterocycles. The van der Waals surface area contributed by atoms with Gasteiger partial charge < -0.3 is 14.2 Å². The minimum atomic E-state index is -0.763. The predicted octanol–water partition coefficient (Wildman–Crippen LogP) is 19.5. The van der Waals surface area contributed by atoms with E-state index in [4.69, 9.17) is 14.2 Å². The Labute approximate surface area is 411 Å². The van der Waals surface area contributed by atoms with Crippen molar-refractivity contribution in [1.82, 2.24) is 0 Å². The number of carbonyl (C=O) groups excluding carboxylic acids is 3. The monoisotopic (exact) mass is 929 g/mol. The minimum Gasteiger partial charge on any atom is -0.462 e. The second kappa shape index (κ2) is 55.5. The van der Waals surface area contributed by atoms with E-state index in [2.05, 4.69) is 45.1 Å². The van der Waals surface area contributed by atoms with Gasteiger partial charge in [-0.25, -0.2) is 0 Å². The van der Waals surface area contributed by atoms with Crippen LogP contribution in [0.1, 0.15) is 323 Å². The number of allylic oxidation sites excluding steroid dienone is 4. The molecule has 0 N–H and O–H groups in total. The number of ether oxygens (including phenoxy) is 3. The zero-order valence-corrected chi connectivity index (χ0v) is 44.5. The first-order chi connectivity index (χ1) is 32.5. The van der Waals surface area contributed by atoms with Gasteiger partial charge in [0.1, 0.15) is 13.2 Å². The SMILES string of the molecule is CCCCCCC/C=C\C/C=C\CCCCCCCCCCCCCCCCCC(=O)OCC(COC(=O)CCCCCCCCCC)OC(=O)CCCCCCCCCCCCCCC. The summed E-state index contributed by atoms with van der Waals surface area (Å²) in [6, 6.07) is 0. The summed E-state index contributed by atoms with van der Waals surface area (Å²) in [5.41, 5.74) is 0. The standard InChI is InChI=1S/C60H112O6/c1-4-7-10-13-16-19-21-23-24-25-26-27-28-29-30-31-32-33-34-35-36-38-39-41-44-47-50-53-59(62)65-56-57(55-64-58(61)52-49-46-43-18-15-12-9-6-3)66-60(63)54-51-48-45-42-40-37-22-20-17-14-11-8-5-2/h21,23,25-26,57H,4-20,22,24,27-56H2,1-3H3/b23-21-,26-25-. The number of unbranched alkanes of at least 4 members (excludes halogenated alkanes) is 39. The van der Waals surface area contributed by atoms with Crippen molar-refractivity contribution in [2.45, 2.75) is 329 Å². The van der Waals surface area contributed by atoms with Crippen molar-refractivity contribution in [3.05, 3.63) is 24.3 Å². The van der Waals surface area contributed by atoms with E-state index in [0.717, 1.165) is 64.2 Å². The Hall–Kier alpha value is -2.11. The van der Waals surface area contributed by atoms with Crippen LogP contribution in [-0.4, -0.2) is 37.2 Å². The molecule has 0 amide bonds. The number of esters is 3. The van der Waals surface area contributed by atoms with E-state index in [0.29, 0.717) is 19.3 Å². The van der Waals surface area contributed by atoms with Gasteiger partial charge >= 0.3 is 17.9 Å². The summed E-state index contributed by atoms with van der Waals surface area (Å²) < 4.78 is 16.8. The van der Waals surface area contributed by atoms with Crippen molar-refractivity contribution in [2.75, 3.05) is 13.2 Å². The lowest BCUT2D eigenvalue weighted by Gasteiger charge is -2.18. The lowest BCUT2D eigenvalue weighted by atomic mass is 10.0. The summed E-state index contributed by atoms with van der Waals surface area (Å²) in [5.74, 6) is -0.851. The Morgan fingerprint density at radius 2 is 0.545 bits per heavy atom. The maximum atomic E-state index is 12.8. The second-order valence-corrected chi connectivity index (χ2v) is 19.9. The van der Waals surface area contributed by atoms with E-state index < -0.39 is 6.10 Å². The largest absolute Gasteiger partial charge is 0.462 e. The first kappa shape index (κ1) is 63.9. The third-order valence-electron chi connectivity index (χ3n) is 13.2. The van der Waals surface area contributed by atoms with Crippen molar-refractivity contribution >= 4 is 17.9 Å². The average molecular weight is 930 g/mol. The molecule has 0 aromatic heterocycles. The zero-order chi connectivity index (χ0) is 47.9. The molecule has 0 aliphatic rings. The van der Waals surface area contributed by atoms with Gasteiger partial charge in [-0.15, -0.1) is 0 Å². The summed E-state index contributed by atoms with van der Waals surface area (Å²) in [4.78, 5) is 37.9. The van der Waals surface area contributed by atoms with Crippen molar-refractivity contribution in [3.8, 4) is 0 Å². The fourth-order valence-corrected chi connectivity index (χ4v) is 8.77. The molecule has 0 spiro atoms. The van der Waals surface area contributed by atoms with E-state index >= 15 is 0 Å². The Balaban J connectivity index is 4.07. The molecule has 1 unspecified atom stereocenters. The summed E-state index contributed by atoms with van der Waals surface area (Å²) in [7, 11) is 0. The molecule has 0 fully saturated rings. The van der Waals surface area contributed by atoms with Crippen molar-refractivity contribution in [2.24, 2.45) is 0 Å². The van der Waals surface area contributed by atoms with Gasteiger partial charge in [-0.05, 0) is 51.4 Å². The fraction of sp³-hybridized carbons (Fsp3) is 0.883.